The number of carbonyl (C=O) groups excluding carboxylic acids is 3. The third-order valence-electron chi connectivity index (χ3n) is 5.26. The molecule has 2 amide bonds. The molecule has 1 aliphatic heterocycles. The number of ether oxygens (including phenoxy) is 1. The molecule has 4 rings (SSSR count). The maximum atomic E-state index is 13.0. The second kappa shape index (κ2) is 9.28. The van der Waals surface area contributed by atoms with E-state index in [0.717, 1.165) is 16.7 Å². The van der Waals surface area contributed by atoms with Crippen LogP contribution in [0.4, 0.5) is 5.69 Å². The maximum absolute atomic E-state index is 13.0. The Morgan fingerprint density at radius 2 is 1.91 bits per heavy atom. The zero-order valence-electron chi connectivity index (χ0n) is 17.3. The predicted molar refractivity (Wildman–Crippen MR) is 118 cm³/mol. The highest BCUT2D eigenvalue weighted by molar-refractivity contribution is 6.33. The summed E-state index contributed by atoms with van der Waals surface area (Å²) in [5.74, 6) is -1.47. The normalized spacial score (nSPS) is 15.1. The van der Waals surface area contributed by atoms with E-state index in [9.17, 15) is 14.4 Å². The highest BCUT2D eigenvalue weighted by Crippen LogP contribution is 2.26. The first-order valence-corrected chi connectivity index (χ1v) is 10.4. The third-order valence-corrected chi connectivity index (χ3v) is 5.57. The van der Waals surface area contributed by atoms with Gasteiger partial charge < -0.3 is 19.4 Å². The molecule has 164 valence electrons. The van der Waals surface area contributed by atoms with E-state index in [-0.39, 0.29) is 18.7 Å². The van der Waals surface area contributed by atoms with E-state index in [1.165, 1.54) is 11.2 Å². The van der Waals surface area contributed by atoms with E-state index < -0.39 is 30.4 Å². The number of carbonyl (C=O) groups is 3. The van der Waals surface area contributed by atoms with Gasteiger partial charge in [-0.2, -0.15) is 0 Å². The second-order valence-corrected chi connectivity index (χ2v) is 7.95. The molecule has 0 saturated carbocycles. The number of rotatable bonds is 5. The van der Waals surface area contributed by atoms with Crippen molar-refractivity contribution in [1.29, 1.82) is 0 Å². The Bertz CT molecular complexity index is 1160. The molecule has 0 radical (unpaired) electrons. The van der Waals surface area contributed by atoms with E-state index in [2.05, 4.69) is 5.32 Å². The minimum Gasteiger partial charge on any atom is -0.459 e. The van der Waals surface area contributed by atoms with Crippen LogP contribution in [0.5, 0.6) is 0 Å². The molecule has 1 aliphatic rings. The van der Waals surface area contributed by atoms with Crippen LogP contribution in [-0.2, 0) is 27.3 Å². The van der Waals surface area contributed by atoms with E-state index in [1.54, 1.807) is 24.3 Å². The fourth-order valence-corrected chi connectivity index (χ4v) is 3.91. The summed E-state index contributed by atoms with van der Waals surface area (Å²) >= 11 is 6.13. The predicted octanol–water partition coefficient (Wildman–Crippen LogP) is 3.99. The van der Waals surface area contributed by atoms with Crippen molar-refractivity contribution in [2.24, 2.45) is 0 Å². The Hall–Kier alpha value is -3.58. The van der Waals surface area contributed by atoms with Gasteiger partial charge in [-0.15, -0.1) is 0 Å². The van der Waals surface area contributed by atoms with Crippen LogP contribution in [0.15, 0.2) is 65.3 Å². The van der Waals surface area contributed by atoms with Crippen LogP contribution >= 0.6 is 11.6 Å². The number of amides is 2. The van der Waals surface area contributed by atoms with Gasteiger partial charge in [-0.1, -0.05) is 41.9 Å². The lowest BCUT2D eigenvalue weighted by molar-refractivity contribution is -0.152. The molecular weight excluding hydrogens is 432 g/mol. The number of halogens is 1. The standard InChI is InChI=1S/C24H21ClN2O5/c1-15-8-9-19(18(25)11-15)26-22(28)14-32-24(30)20-12-16-5-2-3-6-17(16)13-27(20)23(29)21-7-4-10-31-21/h2-11,20H,12-14H2,1H3,(H,26,28)/t20-/m0/s1. The first-order valence-electron chi connectivity index (χ1n) is 10.1. The summed E-state index contributed by atoms with van der Waals surface area (Å²) in [6.45, 7) is 1.63. The Kier molecular flexibility index (Phi) is 6.28. The lowest BCUT2D eigenvalue weighted by atomic mass is 9.93. The molecule has 8 heteroatoms. The molecule has 1 atom stereocenters. The summed E-state index contributed by atoms with van der Waals surface area (Å²) < 4.78 is 10.5. The number of nitrogens with one attached hydrogen (secondary N) is 1. The average Bonchev–Trinajstić information content (AvgIpc) is 3.33. The Morgan fingerprint density at radius 3 is 2.62 bits per heavy atom. The molecule has 2 heterocycles. The number of aryl methyl sites for hydroxylation is 1. The molecule has 1 aromatic heterocycles. The summed E-state index contributed by atoms with van der Waals surface area (Å²) in [5, 5.41) is 3.02. The van der Waals surface area contributed by atoms with Gasteiger partial charge in [0.25, 0.3) is 11.8 Å². The Morgan fingerprint density at radius 1 is 1.12 bits per heavy atom. The molecule has 0 bridgehead atoms. The lowest BCUT2D eigenvalue weighted by Gasteiger charge is -2.34. The monoisotopic (exact) mass is 452 g/mol. The minimum absolute atomic E-state index is 0.133. The lowest BCUT2D eigenvalue weighted by Crippen LogP contribution is -2.49. The van der Waals surface area contributed by atoms with Gasteiger partial charge in [0.2, 0.25) is 0 Å². The van der Waals surface area contributed by atoms with Gasteiger partial charge in [0.1, 0.15) is 6.04 Å². The minimum atomic E-state index is -0.877. The largest absolute Gasteiger partial charge is 0.459 e. The van der Waals surface area contributed by atoms with Crippen molar-refractivity contribution in [1.82, 2.24) is 4.90 Å². The van der Waals surface area contributed by atoms with Crippen molar-refractivity contribution in [2.45, 2.75) is 25.9 Å². The van der Waals surface area contributed by atoms with Crippen LogP contribution in [0, 0.1) is 6.92 Å². The van der Waals surface area contributed by atoms with Gasteiger partial charge in [0.15, 0.2) is 12.4 Å². The first kappa shape index (κ1) is 21.6. The van der Waals surface area contributed by atoms with E-state index in [4.69, 9.17) is 20.8 Å². The molecule has 32 heavy (non-hydrogen) atoms. The van der Waals surface area contributed by atoms with Crippen molar-refractivity contribution >= 4 is 35.1 Å². The van der Waals surface area contributed by atoms with Crippen LogP contribution < -0.4 is 5.32 Å². The molecular formula is C24H21ClN2O5. The zero-order chi connectivity index (χ0) is 22.7. The van der Waals surface area contributed by atoms with Crippen LogP contribution in [0.1, 0.15) is 27.2 Å². The van der Waals surface area contributed by atoms with Crippen molar-refractivity contribution in [3.8, 4) is 0 Å². The van der Waals surface area contributed by atoms with E-state index in [0.29, 0.717) is 10.7 Å². The van der Waals surface area contributed by atoms with Crippen molar-refractivity contribution in [2.75, 3.05) is 11.9 Å². The topological polar surface area (TPSA) is 88.9 Å². The molecule has 3 aromatic rings. The average molecular weight is 453 g/mol. The number of fused-ring (bicyclic) bond motifs is 1. The molecule has 0 unspecified atom stereocenters. The quantitative estimate of drug-likeness (QED) is 0.591. The van der Waals surface area contributed by atoms with Crippen molar-refractivity contribution < 1.29 is 23.5 Å². The summed E-state index contributed by atoms with van der Waals surface area (Å²) in [5.41, 5.74) is 3.29. The fourth-order valence-electron chi connectivity index (χ4n) is 3.63. The van der Waals surface area contributed by atoms with Gasteiger partial charge in [-0.3, -0.25) is 9.59 Å². The highest BCUT2D eigenvalue weighted by Gasteiger charge is 2.37. The number of furan rings is 1. The number of hydrogen-bond donors (Lipinski definition) is 1. The van der Waals surface area contributed by atoms with Crippen molar-refractivity contribution in [3.05, 3.63) is 88.3 Å². The Labute approximate surface area is 189 Å². The van der Waals surface area contributed by atoms with Gasteiger partial charge in [0, 0.05) is 13.0 Å². The van der Waals surface area contributed by atoms with Gasteiger partial charge in [-0.05, 0) is 47.9 Å². The van der Waals surface area contributed by atoms with Gasteiger partial charge in [0.05, 0.1) is 17.0 Å². The molecule has 1 N–H and O–H groups in total. The summed E-state index contributed by atoms with van der Waals surface area (Å²) in [6.07, 6.45) is 1.69. The molecule has 7 nitrogen and oxygen atoms in total. The molecule has 0 spiro atoms. The number of esters is 1. The summed E-state index contributed by atoms with van der Waals surface area (Å²) in [4.78, 5) is 39.6. The second-order valence-electron chi connectivity index (χ2n) is 7.54. The number of nitrogens with zero attached hydrogens (tertiary/aromatic N) is 1. The molecule has 0 saturated heterocycles. The number of anilines is 1. The molecule has 0 fully saturated rings. The van der Waals surface area contributed by atoms with Gasteiger partial charge in [-0.25, -0.2) is 4.79 Å². The highest BCUT2D eigenvalue weighted by atomic mass is 35.5. The van der Waals surface area contributed by atoms with E-state index in [1.807, 2.05) is 37.3 Å². The van der Waals surface area contributed by atoms with Crippen LogP contribution in [0.25, 0.3) is 0 Å². The van der Waals surface area contributed by atoms with Crippen LogP contribution in [0.2, 0.25) is 5.02 Å². The van der Waals surface area contributed by atoms with Crippen LogP contribution in [-0.4, -0.2) is 35.3 Å². The zero-order valence-corrected chi connectivity index (χ0v) is 18.1. The van der Waals surface area contributed by atoms with E-state index >= 15 is 0 Å². The molecule has 2 aromatic carbocycles. The fraction of sp³-hybridized carbons (Fsp3) is 0.208. The number of hydrogen-bond acceptors (Lipinski definition) is 5. The SMILES string of the molecule is Cc1ccc(NC(=O)COC(=O)[C@@H]2Cc3ccccc3CN2C(=O)c2ccco2)c(Cl)c1. The Balaban J connectivity index is 1.46. The third kappa shape index (κ3) is 4.68. The van der Waals surface area contributed by atoms with Gasteiger partial charge >= 0.3 is 5.97 Å². The van der Waals surface area contributed by atoms with Crippen LogP contribution in [0.3, 0.4) is 0 Å². The number of benzene rings is 2. The first-order chi connectivity index (χ1) is 15.4. The summed E-state index contributed by atoms with van der Waals surface area (Å²) in [7, 11) is 0. The van der Waals surface area contributed by atoms with Crippen molar-refractivity contribution in [3.63, 3.8) is 0 Å². The smallest absolute Gasteiger partial charge is 0.329 e. The maximum Gasteiger partial charge on any atom is 0.329 e. The molecule has 0 aliphatic carbocycles. The summed E-state index contributed by atoms with van der Waals surface area (Å²) in [6, 6.07) is 15.1.